The van der Waals surface area contributed by atoms with Crippen molar-refractivity contribution in [3.8, 4) is 23.0 Å². The van der Waals surface area contributed by atoms with E-state index in [0.717, 1.165) is 24.1 Å². The van der Waals surface area contributed by atoms with Crippen LogP contribution in [0.2, 0.25) is 5.02 Å². The van der Waals surface area contributed by atoms with Crippen molar-refractivity contribution < 1.29 is 23.8 Å². The number of carbonyl (C=O) groups is 2. The summed E-state index contributed by atoms with van der Waals surface area (Å²) in [6, 6.07) is 9.34. The molecule has 2 fully saturated rings. The molecule has 4 aromatic rings. The van der Waals surface area contributed by atoms with Gasteiger partial charge in [-0.15, -0.1) is 0 Å². The highest BCUT2D eigenvalue weighted by Crippen LogP contribution is 2.41. The van der Waals surface area contributed by atoms with Crippen molar-refractivity contribution in [3.05, 3.63) is 59.1 Å². The molecule has 6 rings (SSSR count). The number of imidazole rings is 1. The minimum atomic E-state index is -0.855. The van der Waals surface area contributed by atoms with Crippen LogP contribution < -0.4 is 9.47 Å². The molecule has 1 aliphatic carbocycles. The average Bonchev–Trinajstić information content (AvgIpc) is 3.53. The molecule has 0 radical (unpaired) electrons. The van der Waals surface area contributed by atoms with Crippen molar-refractivity contribution in [1.82, 2.24) is 29.4 Å². The van der Waals surface area contributed by atoms with Crippen LogP contribution in [0.1, 0.15) is 37.9 Å². The van der Waals surface area contributed by atoms with Gasteiger partial charge in [-0.3, -0.25) is 9.78 Å². The Morgan fingerprint density at radius 3 is 2.63 bits per heavy atom. The first-order chi connectivity index (χ1) is 19.7. The van der Waals surface area contributed by atoms with Crippen LogP contribution in [0.5, 0.6) is 11.6 Å². The van der Waals surface area contributed by atoms with E-state index in [9.17, 15) is 9.59 Å². The zero-order valence-corrected chi connectivity index (χ0v) is 23.7. The quantitative estimate of drug-likeness (QED) is 0.226. The van der Waals surface area contributed by atoms with Gasteiger partial charge in [0, 0.05) is 11.8 Å². The summed E-state index contributed by atoms with van der Waals surface area (Å²) in [5.41, 5.74) is 3.57. The predicted molar refractivity (Wildman–Crippen MR) is 150 cm³/mol. The molecule has 0 N–H and O–H groups in total. The number of halogens is 1. The number of fused-ring (bicyclic) bond motifs is 1. The van der Waals surface area contributed by atoms with Gasteiger partial charge in [-0.1, -0.05) is 11.6 Å². The Kier molecular flexibility index (Phi) is 6.98. The molecule has 1 saturated carbocycles. The van der Waals surface area contributed by atoms with Crippen molar-refractivity contribution in [2.24, 2.45) is 0 Å². The van der Waals surface area contributed by atoms with Crippen LogP contribution >= 0.6 is 11.6 Å². The first kappa shape index (κ1) is 26.9. The van der Waals surface area contributed by atoms with Crippen LogP contribution in [0, 0.1) is 6.92 Å². The molecule has 1 aliphatic heterocycles. The van der Waals surface area contributed by atoms with Gasteiger partial charge in [0.05, 0.1) is 37.0 Å². The Labute approximate surface area is 241 Å². The first-order valence-corrected chi connectivity index (χ1v) is 13.8. The number of likely N-dealkylation sites (tertiary alicyclic amines) is 1. The third kappa shape index (κ3) is 5.54. The van der Waals surface area contributed by atoms with Crippen molar-refractivity contribution >= 4 is 34.6 Å². The summed E-state index contributed by atoms with van der Waals surface area (Å²) in [5, 5.41) is 0.430. The molecular weight excluding hydrogens is 548 g/mol. The third-order valence-electron chi connectivity index (χ3n) is 7.16. The molecule has 41 heavy (non-hydrogen) atoms. The van der Waals surface area contributed by atoms with E-state index in [1.54, 1.807) is 25.3 Å². The Bertz CT molecular complexity index is 1650. The van der Waals surface area contributed by atoms with E-state index in [0.29, 0.717) is 45.7 Å². The Hall–Kier alpha value is -4.25. The molecule has 4 heterocycles. The normalized spacial score (nSPS) is 15.9. The van der Waals surface area contributed by atoms with Gasteiger partial charge in [0.1, 0.15) is 29.6 Å². The molecule has 2 aliphatic rings. The largest absolute Gasteiger partial charge is 0.487 e. The Morgan fingerprint density at radius 1 is 1.12 bits per heavy atom. The smallest absolute Gasteiger partial charge is 0.397 e. The number of nitrogens with zero attached hydrogens (tertiary/aromatic N) is 6. The van der Waals surface area contributed by atoms with Gasteiger partial charge in [0.2, 0.25) is 5.88 Å². The summed E-state index contributed by atoms with van der Waals surface area (Å²) in [7, 11) is 0. The number of carbonyl (C=O) groups excluding carboxylic acids is 2. The number of rotatable bonds is 8. The van der Waals surface area contributed by atoms with Crippen molar-refractivity contribution in [3.63, 3.8) is 0 Å². The lowest BCUT2D eigenvalue weighted by molar-refractivity contribution is -0.164. The van der Waals surface area contributed by atoms with Gasteiger partial charge in [-0.25, -0.2) is 14.8 Å². The summed E-state index contributed by atoms with van der Waals surface area (Å²) in [4.78, 5) is 43.6. The number of benzene rings is 1. The molecule has 11 nitrogen and oxygen atoms in total. The summed E-state index contributed by atoms with van der Waals surface area (Å²) in [6.07, 6.45) is 4.93. The maximum atomic E-state index is 12.1. The van der Waals surface area contributed by atoms with Gasteiger partial charge in [-0.2, -0.15) is 4.98 Å². The minimum absolute atomic E-state index is 0.152. The second-order valence-corrected chi connectivity index (χ2v) is 11.0. The molecule has 212 valence electrons. The molecule has 0 spiro atoms. The monoisotopic (exact) mass is 576 g/mol. The number of hydrogen-bond acceptors (Lipinski definition) is 9. The lowest BCUT2D eigenvalue weighted by atomic mass is 10.1. The van der Waals surface area contributed by atoms with Crippen LogP contribution in [0.15, 0.2) is 42.9 Å². The van der Waals surface area contributed by atoms with Crippen LogP contribution in [0.25, 0.3) is 22.6 Å². The predicted octanol–water partition coefficient (Wildman–Crippen LogP) is 3.98. The van der Waals surface area contributed by atoms with Gasteiger partial charge in [0.25, 0.3) is 0 Å². The fraction of sp³-hybridized carbons (Fsp3) is 0.379. The second kappa shape index (κ2) is 10.6. The number of hydrogen-bond donors (Lipinski definition) is 0. The number of aryl methyl sites for hydroxylation is 1. The maximum absolute atomic E-state index is 12.1. The van der Waals surface area contributed by atoms with Gasteiger partial charge in [-0.05, 0) is 69.5 Å². The lowest BCUT2D eigenvalue weighted by Gasteiger charge is -2.38. The average molecular weight is 577 g/mol. The van der Waals surface area contributed by atoms with E-state index in [-0.39, 0.29) is 31.4 Å². The van der Waals surface area contributed by atoms with Gasteiger partial charge >= 0.3 is 11.9 Å². The third-order valence-corrected chi connectivity index (χ3v) is 7.47. The van der Waals surface area contributed by atoms with Crippen molar-refractivity contribution in [2.45, 2.75) is 51.9 Å². The zero-order valence-electron chi connectivity index (χ0n) is 23.0. The van der Waals surface area contributed by atoms with Crippen molar-refractivity contribution in [1.29, 1.82) is 0 Å². The highest BCUT2D eigenvalue weighted by Gasteiger charge is 2.41. The fourth-order valence-electron chi connectivity index (χ4n) is 4.65. The first-order valence-electron chi connectivity index (χ1n) is 13.5. The number of esters is 1. The van der Waals surface area contributed by atoms with Gasteiger partial charge in [0.15, 0.2) is 11.2 Å². The summed E-state index contributed by atoms with van der Waals surface area (Å²) in [5.74, 6) is 0.0625. The summed E-state index contributed by atoms with van der Waals surface area (Å²) in [6.45, 7) is 6.88. The molecule has 0 atom stereocenters. The lowest BCUT2D eigenvalue weighted by Crippen LogP contribution is -2.58. The summed E-state index contributed by atoms with van der Waals surface area (Å²) < 4.78 is 19.0. The maximum Gasteiger partial charge on any atom is 0.397 e. The second-order valence-electron chi connectivity index (χ2n) is 10.6. The topological polar surface area (TPSA) is 122 Å². The number of pyridine rings is 1. The standard InChI is InChI=1S/C29H29ClN6O5/c1-4-39-28(38)27(37)35-14-20(15-35)40-19-5-6-21(22(30)12-19)24-34-23-25(32-16-33-26(23)41-29(3)8-9-29)36(24)13-18-11-17(2)7-10-31-18/h5-7,10-12,16,20H,4,8-9,13-15H2,1-3H3. The molecule has 0 bridgehead atoms. The van der Waals surface area contributed by atoms with Crippen LogP contribution in [0.3, 0.4) is 0 Å². The number of aromatic nitrogens is 5. The molecule has 1 saturated heterocycles. The van der Waals surface area contributed by atoms with E-state index in [2.05, 4.69) is 21.9 Å². The zero-order chi connectivity index (χ0) is 28.7. The van der Waals surface area contributed by atoms with E-state index in [1.807, 2.05) is 29.7 Å². The molecule has 1 amide bonds. The molecule has 3 aromatic heterocycles. The highest BCUT2D eigenvalue weighted by atomic mass is 35.5. The van der Waals surface area contributed by atoms with Crippen molar-refractivity contribution in [2.75, 3.05) is 19.7 Å². The van der Waals surface area contributed by atoms with Crippen LogP contribution in [-0.2, 0) is 20.9 Å². The Morgan fingerprint density at radius 2 is 1.93 bits per heavy atom. The van der Waals surface area contributed by atoms with Gasteiger partial charge < -0.3 is 23.7 Å². The van der Waals surface area contributed by atoms with E-state index in [4.69, 9.17) is 30.8 Å². The number of ether oxygens (including phenoxy) is 3. The molecular formula is C29H29ClN6O5. The molecule has 0 unspecified atom stereocenters. The minimum Gasteiger partial charge on any atom is -0.487 e. The molecule has 12 heteroatoms. The summed E-state index contributed by atoms with van der Waals surface area (Å²) >= 11 is 6.81. The SMILES string of the molecule is CCOC(=O)C(=O)N1CC(Oc2ccc(-c3nc4c(OC5(C)CC5)ncnc4n3Cc3cc(C)ccn3)c(Cl)c2)C1. The van der Waals surface area contributed by atoms with E-state index in [1.165, 1.54) is 11.2 Å². The van der Waals surface area contributed by atoms with Crippen LogP contribution in [-0.4, -0.2) is 72.7 Å². The Balaban J connectivity index is 1.28. The van der Waals surface area contributed by atoms with E-state index >= 15 is 0 Å². The molecule has 1 aromatic carbocycles. The number of amides is 1. The van der Waals surface area contributed by atoms with E-state index < -0.39 is 11.9 Å². The van der Waals surface area contributed by atoms with Crippen LogP contribution in [0.4, 0.5) is 0 Å². The highest BCUT2D eigenvalue weighted by molar-refractivity contribution is 6.33. The fourth-order valence-corrected chi connectivity index (χ4v) is 4.90.